The number of aliphatic hydroxyl groups is 3. The summed E-state index contributed by atoms with van der Waals surface area (Å²) in [5, 5.41) is 37.7. The first kappa shape index (κ1) is 31.2. The Balaban J connectivity index is 1.82. The van der Waals surface area contributed by atoms with Crippen molar-refractivity contribution in [1.82, 2.24) is 9.80 Å². The summed E-state index contributed by atoms with van der Waals surface area (Å²) in [6.45, 7) is 4.82. The molecule has 13 nitrogen and oxygen atoms in total. The van der Waals surface area contributed by atoms with E-state index in [1.807, 2.05) is 0 Å². The van der Waals surface area contributed by atoms with Crippen molar-refractivity contribution in [3.8, 4) is 5.75 Å². The highest BCUT2D eigenvalue weighted by Gasteiger charge is 2.41. The highest BCUT2D eigenvalue weighted by molar-refractivity contribution is 5.78. The molecule has 0 aliphatic carbocycles. The van der Waals surface area contributed by atoms with Crippen molar-refractivity contribution >= 4 is 18.0 Å². The van der Waals surface area contributed by atoms with Crippen LogP contribution in [0.1, 0.15) is 25.8 Å². The number of aliphatic carboxylic acids is 1. The molecule has 0 aromatic heterocycles. The van der Waals surface area contributed by atoms with Gasteiger partial charge in [-0.05, 0) is 17.7 Å². The Morgan fingerprint density at radius 1 is 1.05 bits per heavy atom. The molecule has 1 fully saturated rings. The van der Waals surface area contributed by atoms with Gasteiger partial charge in [0.15, 0.2) is 6.10 Å². The maximum atomic E-state index is 12.4. The molecule has 0 saturated carbocycles. The van der Waals surface area contributed by atoms with E-state index in [1.165, 1.54) is 4.90 Å². The molecule has 0 radical (unpaired) electrons. The third-order valence-electron chi connectivity index (χ3n) is 5.77. The first-order chi connectivity index (χ1) is 18.0. The van der Waals surface area contributed by atoms with Gasteiger partial charge >= 0.3 is 12.1 Å². The van der Waals surface area contributed by atoms with Crippen LogP contribution in [-0.2, 0) is 30.4 Å². The Bertz CT molecular complexity index is 896. The zero-order valence-electron chi connectivity index (χ0n) is 21.9. The van der Waals surface area contributed by atoms with E-state index in [0.29, 0.717) is 24.4 Å². The number of ether oxygens (including phenoxy) is 4. The van der Waals surface area contributed by atoms with Gasteiger partial charge in [0, 0.05) is 39.0 Å². The number of rotatable bonds is 14. The summed E-state index contributed by atoms with van der Waals surface area (Å²) in [6.07, 6.45) is -6.10. The smallest absolute Gasteiger partial charge is 0.409 e. The highest BCUT2D eigenvalue weighted by Crippen LogP contribution is 2.24. The average molecular weight is 543 g/mol. The monoisotopic (exact) mass is 542 g/mol. The SMILES string of the molecule is CC(C)C(=O)N(CCOCCO)CCN(C)C(=O)OCc1ccc(O[C@@H]2O[C@H](C(=O)O)[C@@H](O)C[C@H]2O)cc1. The molecule has 1 heterocycles. The molecule has 38 heavy (non-hydrogen) atoms. The topological polar surface area (TPSA) is 176 Å². The van der Waals surface area contributed by atoms with Crippen molar-refractivity contribution in [2.75, 3.05) is 46.5 Å². The Labute approximate surface area is 221 Å². The van der Waals surface area contributed by atoms with Crippen LogP contribution >= 0.6 is 0 Å². The van der Waals surface area contributed by atoms with E-state index in [4.69, 9.17) is 29.2 Å². The van der Waals surface area contributed by atoms with E-state index < -0.39 is 36.7 Å². The van der Waals surface area contributed by atoms with Gasteiger partial charge in [-0.25, -0.2) is 9.59 Å². The van der Waals surface area contributed by atoms with Crippen LogP contribution < -0.4 is 4.74 Å². The normalized spacial score (nSPS) is 21.1. The molecular formula is C25H38N2O11. The lowest BCUT2D eigenvalue weighted by Gasteiger charge is -2.34. The standard InChI is InChI=1S/C25H38N2O11/c1-16(2)22(31)27(10-12-35-13-11-28)9-8-26(3)25(34)36-15-17-4-6-18(7-5-17)37-24-20(30)14-19(29)21(38-24)23(32)33/h4-7,16,19-21,24,28-30H,8-15H2,1-3H3,(H,32,33)/t19-,20+,21-,24+/m0/s1. The zero-order valence-corrected chi connectivity index (χ0v) is 21.9. The van der Waals surface area contributed by atoms with Gasteiger partial charge in [-0.2, -0.15) is 0 Å². The van der Waals surface area contributed by atoms with Crippen molar-refractivity contribution < 1.29 is 53.8 Å². The third kappa shape index (κ3) is 9.72. The van der Waals surface area contributed by atoms with E-state index >= 15 is 0 Å². The molecule has 1 aliphatic heterocycles. The average Bonchev–Trinajstić information content (AvgIpc) is 2.88. The van der Waals surface area contributed by atoms with Crippen LogP contribution in [0.25, 0.3) is 0 Å². The number of carbonyl (C=O) groups excluding carboxylic acids is 2. The minimum atomic E-state index is -1.51. The zero-order chi connectivity index (χ0) is 28.2. The predicted molar refractivity (Wildman–Crippen MR) is 132 cm³/mol. The molecule has 4 atom stereocenters. The van der Waals surface area contributed by atoms with E-state index in [1.54, 1.807) is 50.1 Å². The summed E-state index contributed by atoms with van der Waals surface area (Å²) >= 11 is 0. The lowest BCUT2D eigenvalue weighted by atomic mass is 10.0. The molecular weight excluding hydrogens is 504 g/mol. The van der Waals surface area contributed by atoms with Crippen LogP contribution in [-0.4, -0.2) is 119 Å². The van der Waals surface area contributed by atoms with Gasteiger partial charge in [-0.3, -0.25) is 4.79 Å². The van der Waals surface area contributed by atoms with E-state index in [-0.39, 0.29) is 51.2 Å². The second-order valence-corrected chi connectivity index (χ2v) is 9.19. The second-order valence-electron chi connectivity index (χ2n) is 9.19. The lowest BCUT2D eigenvalue weighted by Crippen LogP contribution is -2.52. The highest BCUT2D eigenvalue weighted by atomic mass is 16.7. The van der Waals surface area contributed by atoms with Crippen LogP contribution in [0.2, 0.25) is 0 Å². The first-order valence-corrected chi connectivity index (χ1v) is 12.4. The van der Waals surface area contributed by atoms with Crippen LogP contribution in [0.5, 0.6) is 5.75 Å². The number of hydrogen-bond donors (Lipinski definition) is 4. The van der Waals surface area contributed by atoms with Gasteiger partial charge < -0.3 is 49.2 Å². The molecule has 13 heteroatoms. The Kier molecular flexibility index (Phi) is 12.7. The maximum absolute atomic E-state index is 12.4. The number of benzene rings is 1. The molecule has 0 unspecified atom stereocenters. The Hall–Kier alpha value is -2.97. The Morgan fingerprint density at radius 2 is 1.74 bits per heavy atom. The van der Waals surface area contributed by atoms with Crippen LogP contribution in [0.15, 0.2) is 24.3 Å². The van der Waals surface area contributed by atoms with Crippen molar-refractivity contribution in [3.63, 3.8) is 0 Å². The fourth-order valence-corrected chi connectivity index (χ4v) is 3.59. The van der Waals surface area contributed by atoms with Gasteiger partial charge in [0.1, 0.15) is 18.5 Å². The summed E-state index contributed by atoms with van der Waals surface area (Å²) < 4.78 is 21.3. The molecule has 1 aromatic carbocycles. The number of nitrogens with zero attached hydrogens (tertiary/aromatic N) is 2. The molecule has 4 N–H and O–H groups in total. The van der Waals surface area contributed by atoms with Crippen LogP contribution in [0.4, 0.5) is 4.79 Å². The quantitative estimate of drug-likeness (QED) is 0.234. The summed E-state index contributed by atoms with van der Waals surface area (Å²) in [6, 6.07) is 6.38. The number of likely N-dealkylation sites (N-methyl/N-ethyl adjacent to an activating group) is 1. The summed E-state index contributed by atoms with van der Waals surface area (Å²) in [5.74, 6) is -1.34. The van der Waals surface area contributed by atoms with Gasteiger partial charge in [-0.15, -0.1) is 0 Å². The number of amides is 2. The fraction of sp³-hybridized carbons (Fsp3) is 0.640. The molecule has 214 valence electrons. The van der Waals surface area contributed by atoms with E-state index in [0.717, 1.165) is 0 Å². The number of hydrogen-bond acceptors (Lipinski definition) is 10. The molecule has 0 spiro atoms. The maximum Gasteiger partial charge on any atom is 0.409 e. The number of aliphatic hydroxyl groups excluding tert-OH is 3. The predicted octanol–water partition coefficient (Wildman–Crippen LogP) is 0.0487. The van der Waals surface area contributed by atoms with Crippen molar-refractivity contribution in [1.29, 1.82) is 0 Å². The first-order valence-electron chi connectivity index (χ1n) is 12.4. The molecule has 2 amide bonds. The summed E-state index contributed by atoms with van der Waals surface area (Å²) in [5.41, 5.74) is 0.653. The van der Waals surface area contributed by atoms with Crippen molar-refractivity contribution in [3.05, 3.63) is 29.8 Å². The van der Waals surface area contributed by atoms with Gasteiger partial charge in [0.2, 0.25) is 12.2 Å². The molecule has 1 aromatic rings. The van der Waals surface area contributed by atoms with E-state index in [2.05, 4.69) is 0 Å². The molecule has 0 bridgehead atoms. The minimum absolute atomic E-state index is 0.0249. The minimum Gasteiger partial charge on any atom is -0.479 e. The number of carboxylic acid groups (broad SMARTS) is 1. The fourth-order valence-electron chi connectivity index (χ4n) is 3.59. The number of carbonyl (C=O) groups is 3. The largest absolute Gasteiger partial charge is 0.479 e. The molecule has 2 rings (SSSR count). The van der Waals surface area contributed by atoms with Gasteiger partial charge in [0.25, 0.3) is 0 Å². The molecule has 1 saturated heterocycles. The van der Waals surface area contributed by atoms with Gasteiger partial charge in [-0.1, -0.05) is 26.0 Å². The van der Waals surface area contributed by atoms with Crippen molar-refractivity contribution in [2.45, 2.75) is 51.5 Å². The second kappa shape index (κ2) is 15.4. The van der Waals surface area contributed by atoms with Gasteiger partial charge in [0.05, 0.1) is 25.9 Å². The van der Waals surface area contributed by atoms with E-state index in [9.17, 15) is 24.6 Å². The lowest BCUT2D eigenvalue weighted by molar-refractivity contribution is -0.237. The summed E-state index contributed by atoms with van der Waals surface area (Å²) in [7, 11) is 1.57. The summed E-state index contributed by atoms with van der Waals surface area (Å²) in [4.78, 5) is 39.0. The Morgan fingerprint density at radius 3 is 2.34 bits per heavy atom. The number of carboxylic acids is 1. The van der Waals surface area contributed by atoms with Crippen LogP contribution in [0.3, 0.4) is 0 Å². The van der Waals surface area contributed by atoms with Crippen LogP contribution in [0, 0.1) is 5.92 Å². The molecule has 1 aliphatic rings. The van der Waals surface area contributed by atoms with Crippen molar-refractivity contribution in [2.24, 2.45) is 5.92 Å². The third-order valence-corrected chi connectivity index (χ3v) is 5.77.